The van der Waals surface area contributed by atoms with E-state index >= 15 is 0 Å². The van der Waals surface area contributed by atoms with Crippen molar-refractivity contribution in [2.45, 2.75) is 25.7 Å². The maximum atomic E-state index is 12.8. The van der Waals surface area contributed by atoms with E-state index in [2.05, 4.69) is 20.9 Å². The molecule has 28 heavy (non-hydrogen) atoms. The molecule has 1 aliphatic rings. The number of hydrogen-bond acceptors (Lipinski definition) is 6. The van der Waals surface area contributed by atoms with Gasteiger partial charge in [0.05, 0.1) is 11.2 Å². The molecule has 4 rings (SSSR count). The van der Waals surface area contributed by atoms with Crippen molar-refractivity contribution in [1.29, 1.82) is 0 Å². The molecule has 2 N–H and O–H groups in total. The summed E-state index contributed by atoms with van der Waals surface area (Å²) >= 11 is 0. The van der Waals surface area contributed by atoms with Gasteiger partial charge in [0.15, 0.2) is 0 Å². The van der Waals surface area contributed by atoms with Gasteiger partial charge in [0, 0.05) is 19.5 Å². The molecule has 1 amide bonds. The molecule has 148 valence electrons. The van der Waals surface area contributed by atoms with Gasteiger partial charge < -0.3 is 15.1 Å². The fourth-order valence-corrected chi connectivity index (χ4v) is 3.54. The van der Waals surface area contributed by atoms with E-state index in [1.54, 1.807) is 36.9 Å². The van der Waals surface area contributed by atoms with Crippen LogP contribution in [0.2, 0.25) is 0 Å². The Labute approximate surface area is 167 Å². The molecule has 1 aliphatic heterocycles. The van der Waals surface area contributed by atoms with Crippen molar-refractivity contribution >= 4 is 35.0 Å². The second kappa shape index (κ2) is 8.12. The van der Waals surface area contributed by atoms with Gasteiger partial charge in [-0.2, -0.15) is 0 Å². The average molecular weight is 404 g/mol. The molecule has 1 atom stereocenters. The largest absolute Gasteiger partial charge is 0.427 e. The van der Waals surface area contributed by atoms with Crippen molar-refractivity contribution in [3.63, 3.8) is 0 Å². The summed E-state index contributed by atoms with van der Waals surface area (Å²) in [5, 5.41) is 14.1. The first kappa shape index (κ1) is 20.0. The Morgan fingerprint density at radius 2 is 2.21 bits per heavy atom. The van der Waals surface area contributed by atoms with Crippen LogP contribution in [-0.4, -0.2) is 34.0 Å². The number of nitrogens with one attached hydrogen (secondary N) is 2. The summed E-state index contributed by atoms with van der Waals surface area (Å²) in [5.74, 6) is 0.292. The second-order valence-corrected chi connectivity index (χ2v) is 6.88. The molecule has 0 radical (unpaired) electrons. The quantitative estimate of drug-likeness (QED) is 0.696. The molecule has 0 spiro atoms. The smallest absolute Gasteiger partial charge is 0.349 e. The predicted molar refractivity (Wildman–Crippen MR) is 108 cm³/mol. The second-order valence-electron chi connectivity index (χ2n) is 6.88. The minimum atomic E-state index is -0.612. The number of benzene rings is 1. The lowest BCUT2D eigenvalue weighted by molar-refractivity contribution is 0.102. The summed E-state index contributed by atoms with van der Waals surface area (Å²) < 4.78 is 7.11. The first-order valence-corrected chi connectivity index (χ1v) is 8.99. The molecule has 0 bridgehead atoms. The van der Waals surface area contributed by atoms with Crippen molar-refractivity contribution in [3.8, 4) is 0 Å². The zero-order valence-corrected chi connectivity index (χ0v) is 16.5. The van der Waals surface area contributed by atoms with E-state index in [1.807, 2.05) is 6.07 Å². The summed E-state index contributed by atoms with van der Waals surface area (Å²) in [4.78, 5) is 25.3. The van der Waals surface area contributed by atoms with Crippen LogP contribution >= 0.6 is 12.4 Å². The monoisotopic (exact) mass is 403 g/mol. The van der Waals surface area contributed by atoms with Gasteiger partial charge in [-0.1, -0.05) is 11.3 Å². The Balaban J connectivity index is 0.00000225. The van der Waals surface area contributed by atoms with Crippen molar-refractivity contribution in [3.05, 3.63) is 51.6 Å². The number of rotatable bonds is 3. The third kappa shape index (κ3) is 3.65. The highest BCUT2D eigenvalue weighted by Crippen LogP contribution is 2.25. The van der Waals surface area contributed by atoms with Gasteiger partial charge in [-0.25, -0.2) is 9.48 Å². The number of piperidine rings is 1. The van der Waals surface area contributed by atoms with Crippen molar-refractivity contribution in [2.24, 2.45) is 7.05 Å². The maximum absolute atomic E-state index is 12.8. The number of carbonyl (C=O) groups excluding carboxylic acids is 1. The molecular formula is C19H22ClN5O3. The van der Waals surface area contributed by atoms with E-state index in [-0.39, 0.29) is 23.9 Å². The Hall–Kier alpha value is -2.71. The Morgan fingerprint density at radius 3 is 2.93 bits per heavy atom. The SMILES string of the molecule is Cc1cc(C2CCCNC2)oc(=O)c1C(=O)Nc1cccc2c1nnn2C.Cl. The van der Waals surface area contributed by atoms with Gasteiger partial charge >= 0.3 is 5.63 Å². The molecule has 2 aromatic heterocycles. The van der Waals surface area contributed by atoms with Gasteiger partial charge in [-0.15, -0.1) is 17.5 Å². The van der Waals surface area contributed by atoms with Gasteiger partial charge in [0.2, 0.25) is 0 Å². The Bertz CT molecular complexity index is 1070. The summed E-state index contributed by atoms with van der Waals surface area (Å²) in [6.07, 6.45) is 2.01. The van der Waals surface area contributed by atoms with Gasteiger partial charge in [-0.05, 0) is 50.1 Å². The lowest BCUT2D eigenvalue weighted by Gasteiger charge is -2.22. The van der Waals surface area contributed by atoms with E-state index in [0.29, 0.717) is 22.5 Å². The zero-order chi connectivity index (χ0) is 19.0. The number of fused-ring (bicyclic) bond motifs is 1. The van der Waals surface area contributed by atoms with E-state index < -0.39 is 11.5 Å². The van der Waals surface area contributed by atoms with Crippen molar-refractivity contribution in [1.82, 2.24) is 20.3 Å². The highest BCUT2D eigenvalue weighted by atomic mass is 35.5. The van der Waals surface area contributed by atoms with Crippen LogP contribution in [0.5, 0.6) is 0 Å². The van der Waals surface area contributed by atoms with Crippen LogP contribution in [0.4, 0.5) is 5.69 Å². The lowest BCUT2D eigenvalue weighted by atomic mass is 9.95. The molecule has 9 heteroatoms. The number of amides is 1. The number of carbonyl (C=O) groups is 1. The van der Waals surface area contributed by atoms with E-state index in [4.69, 9.17) is 4.42 Å². The molecule has 1 aromatic carbocycles. The van der Waals surface area contributed by atoms with Crippen molar-refractivity contribution < 1.29 is 9.21 Å². The molecule has 1 unspecified atom stereocenters. The number of aryl methyl sites for hydroxylation is 2. The van der Waals surface area contributed by atoms with Crippen LogP contribution in [0.15, 0.2) is 33.5 Å². The third-order valence-electron chi connectivity index (χ3n) is 4.98. The highest BCUT2D eigenvalue weighted by Gasteiger charge is 2.23. The normalized spacial score (nSPS) is 16.6. The van der Waals surface area contributed by atoms with E-state index in [1.165, 1.54) is 0 Å². The molecule has 1 fully saturated rings. The number of hydrogen-bond donors (Lipinski definition) is 2. The lowest BCUT2D eigenvalue weighted by Crippen LogP contribution is -2.30. The third-order valence-corrected chi connectivity index (χ3v) is 4.98. The van der Waals surface area contributed by atoms with Gasteiger partial charge in [0.25, 0.3) is 5.91 Å². The summed E-state index contributed by atoms with van der Waals surface area (Å²) in [6.45, 7) is 3.52. The molecule has 0 aliphatic carbocycles. The first-order valence-electron chi connectivity index (χ1n) is 8.99. The minimum Gasteiger partial charge on any atom is -0.427 e. The first-order chi connectivity index (χ1) is 13.0. The number of halogens is 1. The van der Waals surface area contributed by atoms with Gasteiger partial charge in [0.1, 0.15) is 16.8 Å². The Kier molecular flexibility index (Phi) is 5.81. The molecule has 1 saturated heterocycles. The summed E-state index contributed by atoms with van der Waals surface area (Å²) in [7, 11) is 1.78. The highest BCUT2D eigenvalue weighted by molar-refractivity contribution is 6.08. The molecule has 0 saturated carbocycles. The van der Waals surface area contributed by atoms with Gasteiger partial charge in [-0.3, -0.25) is 4.79 Å². The van der Waals surface area contributed by atoms with E-state index in [0.717, 1.165) is 31.4 Å². The van der Waals surface area contributed by atoms with E-state index in [9.17, 15) is 9.59 Å². The summed E-state index contributed by atoms with van der Waals surface area (Å²) in [6, 6.07) is 7.19. The van der Waals surface area contributed by atoms with Crippen LogP contribution in [0, 0.1) is 6.92 Å². The molecule has 3 heterocycles. The van der Waals surface area contributed by atoms with Crippen LogP contribution < -0.4 is 16.3 Å². The number of anilines is 1. The van der Waals surface area contributed by atoms with Crippen LogP contribution in [0.3, 0.4) is 0 Å². The topological polar surface area (TPSA) is 102 Å². The molecular weight excluding hydrogens is 382 g/mol. The van der Waals surface area contributed by atoms with Crippen molar-refractivity contribution in [2.75, 3.05) is 18.4 Å². The minimum absolute atomic E-state index is 0. The predicted octanol–water partition coefficient (Wildman–Crippen LogP) is 2.37. The fraction of sp³-hybridized carbons (Fsp3) is 0.368. The average Bonchev–Trinajstić information content (AvgIpc) is 3.04. The number of aromatic nitrogens is 3. The van der Waals surface area contributed by atoms with Crippen LogP contribution in [0.1, 0.15) is 40.4 Å². The number of nitrogens with zero attached hydrogens (tertiary/aromatic N) is 3. The van der Waals surface area contributed by atoms with Crippen LogP contribution in [0.25, 0.3) is 11.0 Å². The fourth-order valence-electron chi connectivity index (χ4n) is 3.54. The summed E-state index contributed by atoms with van der Waals surface area (Å²) in [5.41, 5.74) is 1.88. The zero-order valence-electron chi connectivity index (χ0n) is 15.7. The van der Waals surface area contributed by atoms with Crippen LogP contribution in [-0.2, 0) is 7.05 Å². The standard InChI is InChI=1S/C19H21N5O3.ClH/c1-11-9-15(12-5-4-8-20-10-12)27-19(26)16(11)18(25)21-13-6-3-7-14-17(13)22-23-24(14)2;/h3,6-7,9,12,20H,4-5,8,10H2,1-2H3,(H,21,25);1H. The molecule has 8 nitrogen and oxygen atoms in total. The Morgan fingerprint density at radius 1 is 1.39 bits per heavy atom. The molecule has 3 aromatic rings. The maximum Gasteiger partial charge on any atom is 0.349 e.